The van der Waals surface area contributed by atoms with E-state index in [4.69, 9.17) is 4.74 Å². The van der Waals surface area contributed by atoms with Crippen molar-refractivity contribution in [1.29, 1.82) is 0 Å². The van der Waals surface area contributed by atoms with E-state index < -0.39 is 61.2 Å². The van der Waals surface area contributed by atoms with E-state index in [0.29, 0.717) is 0 Å². The highest BCUT2D eigenvalue weighted by Gasteiger charge is 2.55. The average molecular weight is 392 g/mol. The van der Waals surface area contributed by atoms with Crippen LogP contribution in [-0.4, -0.2) is 86.7 Å². The van der Waals surface area contributed by atoms with Gasteiger partial charge in [0.15, 0.2) is 5.72 Å². The Balaban J connectivity index is 3.00. The lowest BCUT2D eigenvalue weighted by atomic mass is 9.96. The van der Waals surface area contributed by atoms with Crippen LogP contribution in [0, 0.1) is 11.8 Å². The van der Waals surface area contributed by atoms with Crippen LogP contribution in [0.3, 0.4) is 0 Å². The van der Waals surface area contributed by atoms with Crippen molar-refractivity contribution < 1.29 is 39.9 Å². The SMILES string of the molecule is CC(C)CC(NC(=O)C(NC1(CO)O[C@H](CO)[C@@H](O)[C@@H]1O)C(C)C)C(=O)O. The van der Waals surface area contributed by atoms with Crippen LogP contribution >= 0.6 is 0 Å². The Hall–Kier alpha value is -1.30. The summed E-state index contributed by atoms with van der Waals surface area (Å²) in [4.78, 5) is 24.1. The highest BCUT2D eigenvalue weighted by Crippen LogP contribution is 2.30. The largest absolute Gasteiger partial charge is 0.480 e. The van der Waals surface area contributed by atoms with Crippen LogP contribution in [0.2, 0.25) is 0 Å². The zero-order valence-electron chi connectivity index (χ0n) is 16.1. The summed E-state index contributed by atoms with van der Waals surface area (Å²) in [7, 11) is 0. The smallest absolute Gasteiger partial charge is 0.326 e. The van der Waals surface area contributed by atoms with Crippen molar-refractivity contribution in [3.63, 3.8) is 0 Å². The Labute approximate surface area is 158 Å². The maximum absolute atomic E-state index is 12.7. The molecule has 27 heavy (non-hydrogen) atoms. The monoisotopic (exact) mass is 392 g/mol. The first kappa shape index (κ1) is 23.7. The zero-order valence-corrected chi connectivity index (χ0v) is 16.1. The number of carbonyl (C=O) groups excluding carboxylic acids is 1. The van der Waals surface area contributed by atoms with Crippen LogP contribution in [0.4, 0.5) is 0 Å². The summed E-state index contributed by atoms with van der Waals surface area (Å²) in [6, 6.07) is -2.11. The summed E-state index contributed by atoms with van der Waals surface area (Å²) < 4.78 is 5.41. The van der Waals surface area contributed by atoms with Gasteiger partial charge in [0.2, 0.25) is 5.91 Å². The van der Waals surface area contributed by atoms with Gasteiger partial charge in [0.05, 0.1) is 19.3 Å². The number of ether oxygens (including phenoxy) is 1. The number of aliphatic carboxylic acids is 1. The molecule has 1 saturated heterocycles. The molecule has 1 heterocycles. The summed E-state index contributed by atoms with van der Waals surface area (Å²) in [6.07, 6.45) is -3.96. The van der Waals surface area contributed by atoms with Crippen LogP contribution in [-0.2, 0) is 14.3 Å². The van der Waals surface area contributed by atoms with Crippen molar-refractivity contribution in [1.82, 2.24) is 10.6 Å². The van der Waals surface area contributed by atoms with Gasteiger partial charge in [-0.25, -0.2) is 4.79 Å². The Morgan fingerprint density at radius 3 is 2.11 bits per heavy atom. The van der Waals surface area contributed by atoms with E-state index in [0.717, 1.165) is 0 Å². The number of nitrogens with one attached hydrogen (secondary N) is 2. The first-order valence-electron chi connectivity index (χ1n) is 9.05. The summed E-state index contributed by atoms with van der Waals surface area (Å²) in [6.45, 7) is 5.70. The zero-order chi connectivity index (χ0) is 20.9. The van der Waals surface area contributed by atoms with Gasteiger partial charge in [-0.15, -0.1) is 0 Å². The summed E-state index contributed by atoms with van der Waals surface area (Å²) in [5, 5.41) is 53.7. The van der Waals surface area contributed by atoms with Crippen molar-refractivity contribution in [2.45, 2.75) is 70.2 Å². The van der Waals surface area contributed by atoms with Gasteiger partial charge >= 0.3 is 5.97 Å². The Bertz CT molecular complexity index is 515. The number of aliphatic hydroxyl groups excluding tert-OH is 4. The maximum Gasteiger partial charge on any atom is 0.326 e. The summed E-state index contributed by atoms with van der Waals surface area (Å²) in [5.41, 5.74) is -1.87. The van der Waals surface area contributed by atoms with E-state index >= 15 is 0 Å². The molecule has 0 saturated carbocycles. The minimum Gasteiger partial charge on any atom is -0.480 e. The molecule has 0 radical (unpaired) electrons. The van der Waals surface area contributed by atoms with Crippen LogP contribution in [0.1, 0.15) is 34.1 Å². The topological polar surface area (TPSA) is 169 Å². The fourth-order valence-electron chi connectivity index (χ4n) is 3.08. The van der Waals surface area contributed by atoms with Gasteiger partial charge in [0, 0.05) is 0 Å². The van der Waals surface area contributed by atoms with E-state index in [2.05, 4.69) is 10.6 Å². The van der Waals surface area contributed by atoms with Gasteiger partial charge < -0.3 is 35.6 Å². The molecular weight excluding hydrogens is 360 g/mol. The van der Waals surface area contributed by atoms with Gasteiger partial charge in [-0.3, -0.25) is 10.1 Å². The Kier molecular flexibility index (Phi) is 8.58. The number of carboxylic acid groups (broad SMARTS) is 1. The highest BCUT2D eigenvalue weighted by molar-refractivity contribution is 5.87. The minimum atomic E-state index is -1.87. The molecule has 1 aliphatic rings. The quantitative estimate of drug-likeness (QED) is 0.223. The van der Waals surface area contributed by atoms with E-state index in [1.807, 2.05) is 13.8 Å². The maximum atomic E-state index is 12.7. The number of amides is 1. The predicted molar refractivity (Wildman–Crippen MR) is 94.6 cm³/mol. The van der Waals surface area contributed by atoms with Crippen molar-refractivity contribution in [3.05, 3.63) is 0 Å². The first-order valence-corrected chi connectivity index (χ1v) is 9.05. The molecule has 7 N–H and O–H groups in total. The molecule has 0 bridgehead atoms. The minimum absolute atomic E-state index is 0.0427. The lowest BCUT2D eigenvalue weighted by Gasteiger charge is -2.36. The first-order chi connectivity index (χ1) is 12.5. The summed E-state index contributed by atoms with van der Waals surface area (Å²) in [5.74, 6) is -2.11. The van der Waals surface area contributed by atoms with Crippen LogP contribution in [0.25, 0.3) is 0 Å². The standard InChI is InChI=1S/C17H32N2O8/c1-8(2)5-10(16(25)26)18-15(24)12(9(3)4)19-17(7-21)14(23)13(22)11(6-20)27-17/h8-14,19-23H,5-7H2,1-4H3,(H,18,24)(H,25,26)/t10?,11-,12?,13-,14+,17?/m1/s1. The number of rotatable bonds is 10. The number of carboxylic acids is 1. The van der Waals surface area contributed by atoms with E-state index in [1.54, 1.807) is 13.8 Å². The average Bonchev–Trinajstić information content (AvgIpc) is 2.83. The van der Waals surface area contributed by atoms with Gasteiger partial charge in [0.1, 0.15) is 24.4 Å². The molecule has 1 rings (SSSR count). The van der Waals surface area contributed by atoms with Crippen LogP contribution in [0.5, 0.6) is 0 Å². The highest BCUT2D eigenvalue weighted by atomic mass is 16.6. The normalized spacial score (nSPS) is 30.5. The lowest BCUT2D eigenvalue weighted by Crippen LogP contribution is -2.65. The molecule has 1 fully saturated rings. The number of carbonyl (C=O) groups is 2. The van der Waals surface area contributed by atoms with E-state index in [9.17, 15) is 35.1 Å². The molecule has 3 unspecified atom stereocenters. The molecule has 0 aromatic heterocycles. The van der Waals surface area contributed by atoms with Crippen molar-refractivity contribution in [2.24, 2.45) is 11.8 Å². The molecule has 6 atom stereocenters. The molecule has 0 spiro atoms. The van der Waals surface area contributed by atoms with Crippen LogP contribution in [0.15, 0.2) is 0 Å². The number of hydrogen-bond donors (Lipinski definition) is 7. The Morgan fingerprint density at radius 2 is 1.74 bits per heavy atom. The fourth-order valence-corrected chi connectivity index (χ4v) is 3.08. The fraction of sp³-hybridized carbons (Fsp3) is 0.882. The molecule has 158 valence electrons. The molecule has 0 aromatic carbocycles. The second kappa shape index (κ2) is 9.76. The third kappa shape index (κ3) is 5.59. The van der Waals surface area contributed by atoms with Crippen molar-refractivity contribution in [3.8, 4) is 0 Å². The lowest BCUT2D eigenvalue weighted by molar-refractivity contribution is -0.154. The molecule has 10 nitrogen and oxygen atoms in total. The number of hydrogen-bond acceptors (Lipinski definition) is 8. The van der Waals surface area contributed by atoms with Gasteiger partial charge in [-0.2, -0.15) is 0 Å². The predicted octanol–water partition coefficient (Wildman–Crippen LogP) is -1.98. The van der Waals surface area contributed by atoms with Gasteiger partial charge in [-0.05, 0) is 18.3 Å². The molecule has 0 aliphatic carbocycles. The third-order valence-corrected chi connectivity index (χ3v) is 4.63. The molecule has 0 aromatic rings. The summed E-state index contributed by atoms with van der Waals surface area (Å²) >= 11 is 0. The molecular formula is C17H32N2O8. The Morgan fingerprint density at radius 1 is 1.15 bits per heavy atom. The van der Waals surface area contributed by atoms with E-state index in [-0.39, 0.29) is 18.3 Å². The molecule has 10 heteroatoms. The molecule has 1 aliphatic heterocycles. The third-order valence-electron chi connectivity index (χ3n) is 4.63. The second-order valence-electron chi connectivity index (χ2n) is 7.72. The van der Waals surface area contributed by atoms with Crippen molar-refractivity contribution >= 4 is 11.9 Å². The second-order valence-corrected chi connectivity index (χ2v) is 7.72. The van der Waals surface area contributed by atoms with Crippen molar-refractivity contribution in [2.75, 3.05) is 13.2 Å². The molecule has 1 amide bonds. The van der Waals surface area contributed by atoms with Crippen LogP contribution < -0.4 is 10.6 Å². The van der Waals surface area contributed by atoms with Gasteiger partial charge in [0.25, 0.3) is 0 Å². The van der Waals surface area contributed by atoms with Gasteiger partial charge in [-0.1, -0.05) is 27.7 Å². The number of aliphatic hydroxyl groups is 4. The van der Waals surface area contributed by atoms with E-state index in [1.165, 1.54) is 0 Å².